The van der Waals surface area contributed by atoms with Crippen molar-refractivity contribution in [2.24, 2.45) is 0 Å². The van der Waals surface area contributed by atoms with Gasteiger partial charge in [0.15, 0.2) is 5.78 Å². The van der Waals surface area contributed by atoms with Gasteiger partial charge in [0.25, 0.3) is 5.60 Å². The van der Waals surface area contributed by atoms with Crippen LogP contribution < -0.4 is 0 Å². The van der Waals surface area contributed by atoms with Crippen molar-refractivity contribution >= 4 is 23.1 Å². The van der Waals surface area contributed by atoms with Crippen LogP contribution >= 0.6 is 11.3 Å². The molecule has 5 heteroatoms. The molecule has 1 aromatic heterocycles. The van der Waals surface area contributed by atoms with E-state index in [-0.39, 0.29) is 6.42 Å². The molecule has 1 rings (SSSR count). The lowest BCUT2D eigenvalue weighted by Crippen LogP contribution is -2.46. The molecule has 0 aliphatic rings. The summed E-state index contributed by atoms with van der Waals surface area (Å²) in [6.07, 6.45) is 1.61. The van der Waals surface area contributed by atoms with Crippen molar-refractivity contribution in [1.29, 1.82) is 0 Å². The van der Waals surface area contributed by atoms with Crippen molar-refractivity contribution < 1.29 is 19.4 Å². The number of carbonyl (C=O) groups is 2. The van der Waals surface area contributed by atoms with Crippen LogP contribution in [-0.4, -0.2) is 22.5 Å². The largest absolute Gasteiger partial charge is 0.457 e. The maximum atomic E-state index is 12.3. The van der Waals surface area contributed by atoms with Gasteiger partial charge in [0.05, 0.1) is 4.88 Å². The van der Waals surface area contributed by atoms with Crippen LogP contribution in [0.5, 0.6) is 0 Å². The van der Waals surface area contributed by atoms with E-state index in [1.807, 2.05) is 6.92 Å². The molecule has 1 unspecified atom stereocenters. The maximum Gasteiger partial charge on any atom is 0.352 e. The summed E-state index contributed by atoms with van der Waals surface area (Å²) in [7, 11) is 0. The average Bonchev–Trinajstić information content (AvgIpc) is 2.86. The minimum absolute atomic E-state index is 0.157. The third-order valence-corrected chi connectivity index (χ3v) is 3.71. The number of ketones is 1. The zero-order chi connectivity index (χ0) is 15.4. The molecule has 0 saturated heterocycles. The van der Waals surface area contributed by atoms with Crippen molar-refractivity contribution in [3.05, 3.63) is 22.4 Å². The van der Waals surface area contributed by atoms with Gasteiger partial charge in [-0.3, -0.25) is 4.79 Å². The van der Waals surface area contributed by atoms with Gasteiger partial charge in [-0.2, -0.15) is 0 Å². The minimum atomic E-state index is -2.18. The standard InChI is InChI=1S/C15H22O4S/c1-5-6-8-11(16)15(18,12-9-7-10-20-12)13(17)19-14(2,3)4/h7,9-10,18H,5-6,8H2,1-4H3. The van der Waals surface area contributed by atoms with Gasteiger partial charge in [-0.15, -0.1) is 11.3 Å². The highest BCUT2D eigenvalue weighted by Gasteiger charge is 2.48. The topological polar surface area (TPSA) is 63.6 Å². The number of rotatable bonds is 6. The van der Waals surface area contributed by atoms with Crippen molar-refractivity contribution in [3.8, 4) is 0 Å². The summed E-state index contributed by atoms with van der Waals surface area (Å²) in [5, 5.41) is 12.4. The Morgan fingerprint density at radius 1 is 1.35 bits per heavy atom. The van der Waals surface area contributed by atoms with E-state index in [4.69, 9.17) is 4.74 Å². The molecule has 112 valence electrons. The van der Waals surface area contributed by atoms with E-state index < -0.39 is 23.0 Å². The molecule has 4 nitrogen and oxygen atoms in total. The first-order valence-corrected chi connectivity index (χ1v) is 7.63. The third kappa shape index (κ3) is 3.90. The molecule has 0 spiro atoms. The van der Waals surface area contributed by atoms with Gasteiger partial charge in [0.1, 0.15) is 5.60 Å². The lowest BCUT2D eigenvalue weighted by molar-refractivity contribution is -0.181. The van der Waals surface area contributed by atoms with E-state index in [0.717, 1.165) is 6.42 Å². The van der Waals surface area contributed by atoms with Gasteiger partial charge in [-0.05, 0) is 38.6 Å². The summed E-state index contributed by atoms with van der Waals surface area (Å²) < 4.78 is 5.22. The van der Waals surface area contributed by atoms with Gasteiger partial charge in [0, 0.05) is 6.42 Å². The van der Waals surface area contributed by atoms with E-state index >= 15 is 0 Å². The molecule has 1 atom stereocenters. The van der Waals surface area contributed by atoms with Gasteiger partial charge >= 0.3 is 5.97 Å². The maximum absolute atomic E-state index is 12.3. The number of hydrogen-bond acceptors (Lipinski definition) is 5. The van der Waals surface area contributed by atoms with Crippen LogP contribution in [0.25, 0.3) is 0 Å². The number of esters is 1. The fourth-order valence-corrected chi connectivity index (χ4v) is 2.54. The molecular weight excluding hydrogens is 276 g/mol. The average molecular weight is 298 g/mol. The molecule has 0 amide bonds. The smallest absolute Gasteiger partial charge is 0.352 e. The Bertz CT molecular complexity index is 459. The summed E-state index contributed by atoms with van der Waals surface area (Å²) in [6, 6.07) is 3.28. The van der Waals surface area contributed by atoms with Crippen LogP contribution in [0.2, 0.25) is 0 Å². The normalized spacial score (nSPS) is 14.7. The first-order valence-electron chi connectivity index (χ1n) is 6.75. The molecule has 1 heterocycles. The number of thiophene rings is 1. The predicted octanol–water partition coefficient (Wildman–Crippen LogP) is 3.04. The van der Waals surface area contributed by atoms with Crippen LogP contribution in [-0.2, 0) is 19.9 Å². The number of aliphatic hydroxyl groups is 1. The zero-order valence-electron chi connectivity index (χ0n) is 12.4. The second-order valence-electron chi connectivity index (χ2n) is 5.72. The molecule has 0 aliphatic carbocycles. The van der Waals surface area contributed by atoms with Gasteiger partial charge in [-0.1, -0.05) is 19.4 Å². The SMILES string of the molecule is CCCCC(=O)C(O)(C(=O)OC(C)(C)C)c1cccs1. The second-order valence-corrected chi connectivity index (χ2v) is 6.66. The molecule has 0 saturated carbocycles. The lowest BCUT2D eigenvalue weighted by Gasteiger charge is -2.28. The van der Waals surface area contributed by atoms with E-state index in [2.05, 4.69) is 0 Å². The summed E-state index contributed by atoms with van der Waals surface area (Å²) >= 11 is 1.17. The van der Waals surface area contributed by atoms with E-state index in [0.29, 0.717) is 11.3 Å². The summed E-state index contributed by atoms with van der Waals surface area (Å²) in [6.45, 7) is 7.06. The van der Waals surface area contributed by atoms with Crippen LogP contribution in [0.1, 0.15) is 51.8 Å². The number of hydrogen-bond donors (Lipinski definition) is 1. The fraction of sp³-hybridized carbons (Fsp3) is 0.600. The van der Waals surface area contributed by atoms with Crippen LogP contribution in [0.4, 0.5) is 0 Å². The molecule has 0 fully saturated rings. The van der Waals surface area contributed by atoms with E-state index in [1.54, 1.807) is 38.3 Å². The van der Waals surface area contributed by atoms with Crippen molar-refractivity contribution in [2.45, 2.75) is 58.2 Å². The number of unbranched alkanes of at least 4 members (excludes halogenated alkanes) is 1. The van der Waals surface area contributed by atoms with E-state index in [9.17, 15) is 14.7 Å². The van der Waals surface area contributed by atoms with Gasteiger partial charge in [0.2, 0.25) is 0 Å². The zero-order valence-corrected chi connectivity index (χ0v) is 13.3. The molecular formula is C15H22O4S. The number of carbonyl (C=O) groups excluding carboxylic acids is 2. The minimum Gasteiger partial charge on any atom is -0.457 e. The Labute approximate surface area is 123 Å². The Balaban J connectivity index is 3.08. The summed E-state index contributed by atoms with van der Waals surface area (Å²) in [5.74, 6) is -1.40. The van der Waals surface area contributed by atoms with Crippen molar-refractivity contribution in [1.82, 2.24) is 0 Å². The summed E-state index contributed by atoms with van der Waals surface area (Å²) in [5.41, 5.74) is -2.94. The highest BCUT2D eigenvalue weighted by atomic mass is 32.1. The predicted molar refractivity (Wildman–Crippen MR) is 78.6 cm³/mol. The first-order chi connectivity index (χ1) is 9.21. The highest BCUT2D eigenvalue weighted by molar-refractivity contribution is 7.10. The van der Waals surface area contributed by atoms with Crippen LogP contribution in [0, 0.1) is 0 Å². The van der Waals surface area contributed by atoms with E-state index in [1.165, 1.54) is 11.3 Å². The molecule has 1 aromatic rings. The van der Waals surface area contributed by atoms with Crippen molar-refractivity contribution in [2.75, 3.05) is 0 Å². The monoisotopic (exact) mass is 298 g/mol. The lowest BCUT2D eigenvalue weighted by atomic mass is 9.92. The van der Waals surface area contributed by atoms with Gasteiger partial charge in [-0.25, -0.2) is 4.79 Å². The first kappa shape index (κ1) is 16.9. The van der Waals surface area contributed by atoms with Crippen LogP contribution in [0.3, 0.4) is 0 Å². The Hall–Kier alpha value is -1.20. The number of ether oxygens (including phenoxy) is 1. The molecule has 20 heavy (non-hydrogen) atoms. The highest BCUT2D eigenvalue weighted by Crippen LogP contribution is 2.31. The van der Waals surface area contributed by atoms with Crippen molar-refractivity contribution in [3.63, 3.8) is 0 Å². The Kier molecular flexibility index (Phi) is 5.48. The quantitative estimate of drug-likeness (QED) is 0.647. The summed E-state index contributed by atoms with van der Waals surface area (Å²) in [4.78, 5) is 24.9. The second kappa shape index (κ2) is 6.50. The number of Topliss-reactive ketones (excluding diaryl/α,β-unsaturated/α-hetero) is 1. The van der Waals surface area contributed by atoms with Gasteiger partial charge < -0.3 is 9.84 Å². The molecule has 0 bridgehead atoms. The fourth-order valence-electron chi connectivity index (χ4n) is 1.71. The third-order valence-electron chi connectivity index (χ3n) is 2.73. The molecule has 0 radical (unpaired) electrons. The molecule has 0 aromatic carbocycles. The molecule has 0 aliphatic heterocycles. The Morgan fingerprint density at radius 3 is 2.45 bits per heavy atom. The Morgan fingerprint density at radius 2 is 2.00 bits per heavy atom. The van der Waals surface area contributed by atoms with Crippen LogP contribution in [0.15, 0.2) is 17.5 Å². The molecule has 1 N–H and O–H groups in total.